The van der Waals surface area contributed by atoms with Gasteiger partial charge in [0, 0.05) is 0 Å². The molecule has 94 valence electrons. The molecule has 0 saturated heterocycles. The molecule has 18 heavy (non-hydrogen) atoms. The second-order valence-corrected chi connectivity index (χ2v) is 3.51. The Balaban J connectivity index is 2.61. The summed E-state index contributed by atoms with van der Waals surface area (Å²) in [6.45, 7) is -0.841. The van der Waals surface area contributed by atoms with Gasteiger partial charge < -0.3 is 0 Å². The average molecular weight is 253 g/mol. The number of hydrogen-bond donors (Lipinski definition) is 0. The van der Waals surface area contributed by atoms with Crippen LogP contribution >= 0.6 is 0 Å². The molecule has 0 atom stereocenters. The van der Waals surface area contributed by atoms with Gasteiger partial charge in [0.05, 0.1) is 5.69 Å². The van der Waals surface area contributed by atoms with Crippen LogP contribution in [0.15, 0.2) is 46.1 Å². The molecule has 0 N–H and O–H groups in total. The third-order valence-corrected chi connectivity index (χ3v) is 2.27. The van der Waals surface area contributed by atoms with Gasteiger partial charge in [0.1, 0.15) is 12.7 Å². The van der Waals surface area contributed by atoms with Gasteiger partial charge in [0.2, 0.25) is 0 Å². The maximum atomic E-state index is 12.2. The van der Waals surface area contributed by atoms with Gasteiger partial charge in [-0.3, -0.25) is 4.79 Å². The van der Waals surface area contributed by atoms with Gasteiger partial charge in [-0.1, -0.05) is 18.2 Å². The monoisotopic (exact) mass is 253 g/mol. The fraction of sp³-hybridized carbons (Fsp3) is 0.182. The first-order valence-corrected chi connectivity index (χ1v) is 5.12. The molecule has 0 unspecified atom stereocenters. The van der Waals surface area contributed by atoms with E-state index in [1.54, 1.807) is 18.2 Å². The van der Waals surface area contributed by atoms with Crippen molar-refractivity contribution in [3.8, 4) is 5.69 Å². The highest BCUT2D eigenvalue weighted by molar-refractivity contribution is 5.30. The van der Waals surface area contributed by atoms with Crippen LogP contribution in [0.5, 0.6) is 0 Å². The van der Waals surface area contributed by atoms with E-state index in [1.807, 2.05) is 0 Å². The molecule has 0 spiro atoms. The minimum atomic E-state index is -2.71. The number of hydrogen-bond acceptors (Lipinski definition) is 3. The van der Waals surface area contributed by atoms with Crippen molar-refractivity contribution >= 4 is 0 Å². The maximum Gasteiger partial charge on any atom is 0.352 e. The van der Waals surface area contributed by atoms with E-state index >= 15 is 0 Å². The van der Waals surface area contributed by atoms with Crippen LogP contribution in [0.3, 0.4) is 0 Å². The van der Waals surface area contributed by atoms with E-state index < -0.39 is 24.2 Å². The molecule has 1 heterocycles. The summed E-state index contributed by atoms with van der Waals surface area (Å²) >= 11 is 0. The van der Waals surface area contributed by atoms with Gasteiger partial charge >= 0.3 is 5.69 Å². The topological polar surface area (TPSA) is 56.9 Å². The Morgan fingerprint density at radius 2 is 1.83 bits per heavy atom. The average Bonchev–Trinajstić information content (AvgIpc) is 2.34. The number of nitrogens with zero attached hydrogens (tertiary/aromatic N) is 3. The van der Waals surface area contributed by atoms with E-state index in [0.717, 1.165) is 10.8 Å². The van der Waals surface area contributed by atoms with Crippen LogP contribution in [-0.4, -0.2) is 20.8 Å². The van der Waals surface area contributed by atoms with E-state index in [-0.39, 0.29) is 0 Å². The summed E-state index contributed by atoms with van der Waals surface area (Å²) in [5.41, 5.74) is -1.22. The largest absolute Gasteiger partial charge is 0.352 e. The molecule has 5 nitrogen and oxygen atoms in total. The number of aromatic nitrogens is 3. The lowest BCUT2D eigenvalue weighted by Gasteiger charge is -2.07. The van der Waals surface area contributed by atoms with Crippen LogP contribution in [0.2, 0.25) is 0 Å². The summed E-state index contributed by atoms with van der Waals surface area (Å²) in [4.78, 5) is 23.4. The Morgan fingerprint density at radius 1 is 1.17 bits per heavy atom. The molecule has 0 bridgehead atoms. The van der Waals surface area contributed by atoms with Gasteiger partial charge in [-0.2, -0.15) is 5.10 Å². The van der Waals surface area contributed by atoms with Crippen LogP contribution < -0.4 is 11.2 Å². The summed E-state index contributed by atoms with van der Waals surface area (Å²) in [7, 11) is 0. The fourth-order valence-corrected chi connectivity index (χ4v) is 1.51. The first-order chi connectivity index (χ1) is 8.59. The molecule has 0 saturated carbocycles. The minimum Gasteiger partial charge on any atom is -0.267 e. The van der Waals surface area contributed by atoms with Crippen molar-refractivity contribution in [1.29, 1.82) is 0 Å². The normalized spacial score (nSPS) is 10.8. The fourth-order valence-electron chi connectivity index (χ4n) is 1.51. The molecule has 1 aromatic heterocycles. The van der Waals surface area contributed by atoms with Crippen molar-refractivity contribution in [2.24, 2.45) is 0 Å². The van der Waals surface area contributed by atoms with E-state index in [1.165, 1.54) is 12.1 Å². The molecule has 2 aromatic rings. The lowest BCUT2D eigenvalue weighted by molar-refractivity contribution is 0.118. The molecule has 2 rings (SSSR count). The van der Waals surface area contributed by atoms with Crippen molar-refractivity contribution in [2.75, 3.05) is 0 Å². The summed E-state index contributed by atoms with van der Waals surface area (Å²) in [6.07, 6.45) is -1.87. The SMILES string of the molecule is O=c1cnn(CC(F)F)c(=O)n1-c1ccccc1. The second kappa shape index (κ2) is 4.91. The molecule has 0 radical (unpaired) electrons. The van der Waals surface area contributed by atoms with E-state index in [2.05, 4.69) is 5.10 Å². The van der Waals surface area contributed by atoms with E-state index in [9.17, 15) is 18.4 Å². The highest BCUT2D eigenvalue weighted by Crippen LogP contribution is 2.00. The van der Waals surface area contributed by atoms with Crippen molar-refractivity contribution in [2.45, 2.75) is 13.0 Å². The second-order valence-electron chi connectivity index (χ2n) is 3.51. The zero-order chi connectivity index (χ0) is 13.1. The zero-order valence-electron chi connectivity index (χ0n) is 9.16. The smallest absolute Gasteiger partial charge is 0.267 e. The molecule has 0 aliphatic rings. The van der Waals surface area contributed by atoms with Crippen molar-refractivity contribution < 1.29 is 8.78 Å². The number of para-hydroxylation sites is 1. The lowest BCUT2D eigenvalue weighted by atomic mass is 10.3. The van der Waals surface area contributed by atoms with Crippen LogP contribution in [-0.2, 0) is 6.54 Å². The summed E-state index contributed by atoms with van der Waals surface area (Å²) in [5, 5.41) is 3.39. The summed E-state index contributed by atoms with van der Waals surface area (Å²) < 4.78 is 25.9. The van der Waals surface area contributed by atoms with Crippen LogP contribution in [0.25, 0.3) is 5.69 Å². The quantitative estimate of drug-likeness (QED) is 0.807. The predicted molar refractivity (Wildman–Crippen MR) is 60.1 cm³/mol. The lowest BCUT2D eigenvalue weighted by Crippen LogP contribution is -2.40. The van der Waals surface area contributed by atoms with Gasteiger partial charge in [-0.05, 0) is 12.1 Å². The van der Waals surface area contributed by atoms with Gasteiger partial charge in [-0.15, -0.1) is 0 Å². The van der Waals surface area contributed by atoms with E-state index in [0.29, 0.717) is 10.4 Å². The van der Waals surface area contributed by atoms with Crippen LogP contribution in [0, 0.1) is 0 Å². The first kappa shape index (κ1) is 12.2. The minimum absolute atomic E-state index is 0.318. The van der Waals surface area contributed by atoms with Crippen molar-refractivity contribution in [3.63, 3.8) is 0 Å². The number of benzene rings is 1. The van der Waals surface area contributed by atoms with Crippen LogP contribution in [0.4, 0.5) is 8.78 Å². The predicted octanol–water partition coefficient (Wildman–Crippen LogP) is 0.659. The number of rotatable bonds is 3. The van der Waals surface area contributed by atoms with Gasteiger partial charge in [0.15, 0.2) is 0 Å². The third kappa shape index (κ3) is 2.34. The Kier molecular flexibility index (Phi) is 3.31. The molecule has 1 aromatic carbocycles. The highest BCUT2D eigenvalue weighted by Gasteiger charge is 2.11. The molecule has 0 aliphatic carbocycles. The summed E-state index contributed by atoms with van der Waals surface area (Å²) in [5.74, 6) is 0. The van der Waals surface area contributed by atoms with Gasteiger partial charge in [0.25, 0.3) is 12.0 Å². The zero-order valence-corrected chi connectivity index (χ0v) is 9.16. The van der Waals surface area contributed by atoms with E-state index in [4.69, 9.17) is 0 Å². The Labute approximate surface area is 99.9 Å². The number of halogens is 2. The molecular formula is C11H9F2N3O2. The Hall–Kier alpha value is -2.31. The maximum absolute atomic E-state index is 12.2. The first-order valence-electron chi connectivity index (χ1n) is 5.12. The highest BCUT2D eigenvalue weighted by atomic mass is 19.3. The molecule has 0 fully saturated rings. The van der Waals surface area contributed by atoms with Crippen LogP contribution in [0.1, 0.15) is 0 Å². The molecular weight excluding hydrogens is 244 g/mol. The van der Waals surface area contributed by atoms with Crippen molar-refractivity contribution in [1.82, 2.24) is 14.3 Å². The number of alkyl halides is 2. The standard InChI is InChI=1S/C11H9F2N3O2/c12-9(13)7-15-11(18)16(10(17)6-14-15)8-4-2-1-3-5-8/h1-6,9H,7H2. The molecule has 7 heteroatoms. The molecule has 0 aliphatic heterocycles. The Bertz CT molecular complexity index is 649. The Morgan fingerprint density at radius 3 is 2.44 bits per heavy atom. The summed E-state index contributed by atoms with van der Waals surface area (Å²) in [6, 6.07) is 8.07. The third-order valence-electron chi connectivity index (χ3n) is 2.27. The van der Waals surface area contributed by atoms with Crippen molar-refractivity contribution in [3.05, 3.63) is 57.4 Å². The van der Waals surface area contributed by atoms with Gasteiger partial charge in [-0.25, -0.2) is 22.8 Å². The molecule has 0 amide bonds.